The summed E-state index contributed by atoms with van der Waals surface area (Å²) >= 11 is 1.61. The average Bonchev–Trinajstić information content (AvgIpc) is 3.72. The summed E-state index contributed by atoms with van der Waals surface area (Å²) in [5, 5.41) is 1.72. The minimum absolute atomic E-state index is 0. The number of hydrogen-bond acceptors (Lipinski definition) is 0. The fourth-order valence-electron chi connectivity index (χ4n) is 11.4. The third kappa shape index (κ3) is 5.08. The van der Waals surface area contributed by atoms with Crippen LogP contribution >= 0.6 is 0 Å². The van der Waals surface area contributed by atoms with E-state index >= 15 is 0 Å². The van der Waals surface area contributed by atoms with E-state index in [-0.39, 0.29) is 24.8 Å². The molecule has 4 aromatic rings. The molecule has 3 aromatic carbocycles. The van der Waals surface area contributed by atoms with Gasteiger partial charge in [-0.3, -0.25) is 0 Å². The van der Waals surface area contributed by atoms with Crippen LogP contribution in [0.5, 0.6) is 0 Å². The van der Waals surface area contributed by atoms with Gasteiger partial charge in [0.25, 0.3) is 0 Å². The molecule has 47 heavy (non-hydrogen) atoms. The summed E-state index contributed by atoms with van der Waals surface area (Å²) in [7, 11) is -1.17. The minimum atomic E-state index is -1.17. The smallest absolute Gasteiger partial charge is 1.00 e. The monoisotopic (exact) mass is 750 g/mol. The molecule has 6 aliphatic carbocycles. The number of nitrogens with zero attached hydrogens (tertiary/aromatic N) is 1. The van der Waals surface area contributed by atoms with Crippen LogP contribution in [-0.2, 0) is 30.1 Å². The molecule has 2 atom stereocenters. The normalized spacial score (nSPS) is 29.5. The van der Waals surface area contributed by atoms with Crippen molar-refractivity contribution in [3.63, 3.8) is 0 Å². The van der Waals surface area contributed by atoms with Crippen molar-refractivity contribution in [3.05, 3.63) is 124 Å². The van der Waals surface area contributed by atoms with Gasteiger partial charge in [0, 0.05) is 23.1 Å². The van der Waals surface area contributed by atoms with Gasteiger partial charge >= 0.3 is 179 Å². The van der Waals surface area contributed by atoms with E-state index in [1.807, 2.05) is 0 Å². The maximum atomic E-state index is 2.51. The number of hydrogen-bond donors (Lipinski definition) is 0. The second kappa shape index (κ2) is 12.2. The Balaban J connectivity index is 0.000000154. The molecule has 12 rings (SSSR count). The summed E-state index contributed by atoms with van der Waals surface area (Å²) in [6.07, 6.45) is 13.6. The first-order valence-corrected chi connectivity index (χ1v) is 21.8. The molecular weight excluding hydrogens is 709 g/mol. The molecule has 239 valence electrons. The van der Waals surface area contributed by atoms with Crippen LogP contribution in [0, 0.1) is 17.8 Å². The minimum Gasteiger partial charge on any atom is -1.00 e. The maximum Gasteiger partial charge on any atom is -1.00 e. The van der Waals surface area contributed by atoms with E-state index in [0.717, 1.165) is 23.3 Å². The van der Waals surface area contributed by atoms with Crippen LogP contribution in [0.15, 0.2) is 96.2 Å². The van der Waals surface area contributed by atoms with Gasteiger partial charge < -0.3 is 29.4 Å². The first-order chi connectivity index (χ1) is 21.7. The molecule has 8 aliphatic rings. The van der Waals surface area contributed by atoms with Crippen LogP contribution < -0.4 is 24.8 Å². The third-order valence-electron chi connectivity index (χ3n) is 12.8. The van der Waals surface area contributed by atoms with Gasteiger partial charge in [-0.05, 0) is 30.7 Å². The average molecular weight is 753 g/mol. The summed E-state index contributed by atoms with van der Waals surface area (Å²) in [6.45, 7) is 9.64. The zero-order valence-corrected chi connectivity index (χ0v) is 33.0. The Hall–Kier alpha value is -1.90. The van der Waals surface area contributed by atoms with Gasteiger partial charge in [0.1, 0.15) is 0 Å². The van der Waals surface area contributed by atoms with Crippen molar-refractivity contribution in [2.45, 2.75) is 80.0 Å². The Labute approximate surface area is 310 Å². The fraction of sp³-hybridized carbons (Fsp3) is 0.381. The standard InChI is InChI=1S/C26H27.C16H17NSi.2ClH.Zr/c1-17-9-22-3-2-4-24(25(22)10-17)21-5-7-23(8-6-21)26-14-18-11-19(15-26)13-20(12-18)16-26;1-11-15-13-9-10-17(12-7-5-4-6-8-12)14(13)16(11)18(15,2)3;;;/h2-10,18-20H,11-16H2,1H3;4-10,16H,1-3H3;2*1H;/q;;;;+2/p-2. The maximum absolute atomic E-state index is 2.51. The number of aromatic nitrogens is 1. The Morgan fingerprint density at radius 3 is 2.00 bits per heavy atom. The van der Waals surface area contributed by atoms with Crippen LogP contribution in [0.1, 0.15) is 89.5 Å². The van der Waals surface area contributed by atoms with E-state index in [0.29, 0.717) is 9.04 Å². The first kappa shape index (κ1) is 33.6. The predicted octanol–water partition coefficient (Wildman–Crippen LogP) is 4.98. The number of halogens is 2. The predicted molar refractivity (Wildman–Crippen MR) is 187 cm³/mol. The summed E-state index contributed by atoms with van der Waals surface area (Å²) < 4.78 is 3.05. The molecule has 2 aliphatic heterocycles. The van der Waals surface area contributed by atoms with Crippen molar-refractivity contribution in [2.75, 3.05) is 0 Å². The fourth-order valence-corrected chi connectivity index (χ4v) is 16.6. The molecule has 4 fully saturated rings. The second-order valence-electron chi connectivity index (χ2n) is 15.9. The van der Waals surface area contributed by atoms with E-state index in [2.05, 4.69) is 123 Å². The quantitative estimate of drug-likeness (QED) is 0.261. The van der Waals surface area contributed by atoms with Gasteiger partial charge in [-0.15, -0.1) is 0 Å². The SMILES string of the molecule is CC1=C2c3ccn(-c4ccccc4)c3C1[Si]2(C)C.CC1=Cc2c(-c3ccc(C45CC6CC(CC(C6)C4)C5)cc3)cccc2[CH]1[Zr+2].[Cl-].[Cl-]. The summed E-state index contributed by atoms with van der Waals surface area (Å²) in [4.78, 5) is 0. The topological polar surface area (TPSA) is 4.93 Å². The zero-order chi connectivity index (χ0) is 30.7. The van der Waals surface area contributed by atoms with Gasteiger partial charge in [0.2, 0.25) is 0 Å². The van der Waals surface area contributed by atoms with E-state index < -0.39 is 8.07 Å². The molecule has 0 amide bonds. The van der Waals surface area contributed by atoms with Crippen LogP contribution in [-0.4, -0.2) is 12.6 Å². The largest absolute Gasteiger partial charge is 1.00 e. The van der Waals surface area contributed by atoms with E-state index in [1.54, 1.807) is 46.7 Å². The van der Waals surface area contributed by atoms with Gasteiger partial charge in [-0.2, -0.15) is 0 Å². The molecule has 5 heteroatoms. The number of fused-ring (bicyclic) bond motifs is 1. The molecule has 6 bridgehead atoms. The van der Waals surface area contributed by atoms with Crippen LogP contribution in [0.3, 0.4) is 0 Å². The molecule has 0 N–H and O–H groups in total. The molecule has 4 saturated carbocycles. The zero-order valence-electron chi connectivity index (χ0n) is 28.0. The molecule has 0 saturated heterocycles. The Kier molecular flexibility index (Phi) is 8.69. The first-order valence-electron chi connectivity index (χ1n) is 17.3. The van der Waals surface area contributed by atoms with E-state index in [4.69, 9.17) is 0 Å². The Bertz CT molecular complexity index is 1870. The summed E-state index contributed by atoms with van der Waals surface area (Å²) in [6, 6.07) is 29.8. The molecule has 1 aromatic heterocycles. The summed E-state index contributed by atoms with van der Waals surface area (Å²) in [5.74, 6) is 3.06. The van der Waals surface area contributed by atoms with Crippen LogP contribution in [0.25, 0.3) is 28.1 Å². The third-order valence-corrected chi connectivity index (χ3v) is 18.8. The number of rotatable bonds is 3. The van der Waals surface area contributed by atoms with Gasteiger partial charge in [0.15, 0.2) is 0 Å². The van der Waals surface area contributed by atoms with Crippen LogP contribution in [0.2, 0.25) is 13.1 Å². The molecule has 3 heterocycles. The van der Waals surface area contributed by atoms with Gasteiger partial charge in [-0.1, -0.05) is 42.1 Å². The summed E-state index contributed by atoms with van der Waals surface area (Å²) in [5.41, 5.74) is 16.3. The number of para-hydroxylation sites is 1. The molecule has 0 spiro atoms. The van der Waals surface area contributed by atoms with Gasteiger partial charge in [0.05, 0.1) is 8.07 Å². The number of benzene rings is 3. The number of allylic oxidation sites excluding steroid dienone is 2. The molecule has 1 nitrogen and oxygen atoms in total. The van der Waals surface area contributed by atoms with Crippen molar-refractivity contribution >= 4 is 19.3 Å². The Morgan fingerprint density at radius 1 is 0.745 bits per heavy atom. The molecule has 0 radical (unpaired) electrons. The second-order valence-corrected chi connectivity index (χ2v) is 21.9. The van der Waals surface area contributed by atoms with Crippen molar-refractivity contribution in [3.8, 4) is 16.8 Å². The van der Waals surface area contributed by atoms with Gasteiger partial charge in [-0.25, -0.2) is 0 Å². The van der Waals surface area contributed by atoms with Crippen molar-refractivity contribution in [1.82, 2.24) is 4.57 Å². The van der Waals surface area contributed by atoms with Crippen molar-refractivity contribution in [2.24, 2.45) is 17.8 Å². The van der Waals surface area contributed by atoms with Crippen molar-refractivity contribution < 1.29 is 49.5 Å². The molecule has 2 unspecified atom stereocenters. The molecular formula is C42H44Cl2NSiZr. The van der Waals surface area contributed by atoms with E-state index in [9.17, 15) is 0 Å². The van der Waals surface area contributed by atoms with Crippen LogP contribution in [0.4, 0.5) is 0 Å². The van der Waals surface area contributed by atoms with Crippen molar-refractivity contribution in [1.29, 1.82) is 0 Å². The van der Waals surface area contributed by atoms with E-state index in [1.165, 1.54) is 77.6 Å². The Morgan fingerprint density at radius 2 is 1.38 bits per heavy atom.